The molecular weight excluding hydrogens is 224 g/mol. The van der Waals surface area contributed by atoms with Crippen LogP contribution in [-0.4, -0.2) is 17.1 Å². The highest BCUT2D eigenvalue weighted by Gasteiger charge is 2.34. The van der Waals surface area contributed by atoms with Gasteiger partial charge in [0.05, 0.1) is 5.69 Å². The van der Waals surface area contributed by atoms with E-state index in [0.717, 1.165) is 28.6 Å². The van der Waals surface area contributed by atoms with E-state index in [1.54, 1.807) is 18.9 Å². The highest BCUT2D eigenvalue weighted by molar-refractivity contribution is 7.98. The van der Waals surface area contributed by atoms with Crippen LogP contribution in [0.4, 0.5) is 0 Å². The van der Waals surface area contributed by atoms with Gasteiger partial charge in [-0.05, 0) is 18.8 Å². The number of rotatable bonds is 3. The third-order valence-electron chi connectivity index (χ3n) is 3.18. The van der Waals surface area contributed by atoms with Crippen LogP contribution in [0.5, 0.6) is 0 Å². The molecule has 0 radical (unpaired) electrons. The second-order valence-electron chi connectivity index (χ2n) is 4.36. The van der Waals surface area contributed by atoms with Gasteiger partial charge in [0.1, 0.15) is 11.9 Å². The molecule has 16 heavy (non-hydrogen) atoms. The highest BCUT2D eigenvalue weighted by Crippen LogP contribution is 2.42. The Balaban J connectivity index is 2.01. The number of hydrogen-bond donors (Lipinski definition) is 1. The largest absolute Gasteiger partial charge is 0.373 e. The maximum absolute atomic E-state index is 11.8. The second kappa shape index (κ2) is 3.89. The van der Waals surface area contributed by atoms with Gasteiger partial charge in [-0.15, -0.1) is 0 Å². The van der Waals surface area contributed by atoms with Crippen molar-refractivity contribution < 1.29 is 4.74 Å². The monoisotopic (exact) mass is 238 g/mol. The van der Waals surface area contributed by atoms with Crippen molar-refractivity contribution in [2.45, 2.75) is 30.5 Å². The zero-order valence-corrected chi connectivity index (χ0v) is 9.97. The lowest BCUT2D eigenvalue weighted by molar-refractivity contribution is 0.0768. The van der Waals surface area contributed by atoms with Crippen molar-refractivity contribution in [2.24, 2.45) is 5.92 Å². The molecule has 1 aromatic heterocycles. The summed E-state index contributed by atoms with van der Waals surface area (Å²) in [7, 11) is 1.69. The third-order valence-corrected chi connectivity index (χ3v) is 4.15. The van der Waals surface area contributed by atoms with E-state index in [0.29, 0.717) is 5.92 Å². The molecule has 5 heteroatoms. The van der Waals surface area contributed by atoms with Gasteiger partial charge >= 0.3 is 0 Å². The minimum Gasteiger partial charge on any atom is -0.373 e. The van der Waals surface area contributed by atoms with Crippen LogP contribution in [0.2, 0.25) is 0 Å². The maximum atomic E-state index is 11.8. The van der Waals surface area contributed by atoms with Crippen molar-refractivity contribution in [1.82, 2.24) is 9.97 Å². The molecule has 1 fully saturated rings. The number of ether oxygens (including phenoxy) is 1. The van der Waals surface area contributed by atoms with Crippen LogP contribution in [0, 0.1) is 5.92 Å². The number of hydrogen-bond acceptors (Lipinski definition) is 4. The number of nitrogens with one attached hydrogen (secondary N) is 1. The Kier molecular flexibility index (Phi) is 2.52. The highest BCUT2D eigenvalue weighted by atomic mass is 32.2. The van der Waals surface area contributed by atoms with Gasteiger partial charge in [0.25, 0.3) is 5.56 Å². The first-order valence-corrected chi connectivity index (χ1v) is 6.67. The Morgan fingerprint density at radius 1 is 1.50 bits per heavy atom. The Hall–Kier alpha value is -0.810. The fraction of sp³-hybridized carbons (Fsp3) is 0.636. The smallest absolute Gasteiger partial charge is 0.255 e. The van der Waals surface area contributed by atoms with Crippen molar-refractivity contribution in [3.63, 3.8) is 0 Å². The molecular formula is C11H14N2O2S. The number of nitrogens with zero attached hydrogens (tertiary/aromatic N) is 1. The average molecular weight is 238 g/mol. The van der Waals surface area contributed by atoms with Crippen LogP contribution < -0.4 is 5.56 Å². The Labute approximate surface area is 97.8 Å². The third kappa shape index (κ3) is 1.68. The van der Waals surface area contributed by atoms with Crippen molar-refractivity contribution in [3.05, 3.63) is 27.4 Å². The molecule has 0 saturated heterocycles. The molecule has 0 bridgehead atoms. The minimum absolute atomic E-state index is 0.0210. The Morgan fingerprint density at radius 2 is 2.31 bits per heavy atom. The summed E-state index contributed by atoms with van der Waals surface area (Å²) in [6.45, 7) is 0. The number of aromatic nitrogens is 2. The molecule has 0 aromatic carbocycles. The SMILES string of the molecule is COC(c1nc2c(c(=O)[nH]1)CSC2)C1CC1. The predicted octanol–water partition coefficient (Wildman–Crippen LogP) is 1.61. The van der Waals surface area contributed by atoms with E-state index in [9.17, 15) is 4.79 Å². The quantitative estimate of drug-likeness (QED) is 0.869. The lowest BCUT2D eigenvalue weighted by atomic mass is 10.2. The number of fused-ring (bicyclic) bond motifs is 1. The second-order valence-corrected chi connectivity index (χ2v) is 5.35. The number of aromatic amines is 1. The minimum atomic E-state index is -0.0244. The predicted molar refractivity (Wildman–Crippen MR) is 62.3 cm³/mol. The summed E-state index contributed by atoms with van der Waals surface area (Å²) in [4.78, 5) is 19.3. The molecule has 1 aromatic rings. The van der Waals surface area contributed by atoms with E-state index >= 15 is 0 Å². The van der Waals surface area contributed by atoms with Gasteiger partial charge in [-0.2, -0.15) is 11.8 Å². The zero-order valence-electron chi connectivity index (χ0n) is 9.16. The molecule has 1 aliphatic heterocycles. The van der Waals surface area contributed by atoms with Gasteiger partial charge in [-0.1, -0.05) is 0 Å². The molecule has 3 rings (SSSR count). The summed E-state index contributed by atoms with van der Waals surface area (Å²) >= 11 is 1.75. The normalized spacial score (nSPS) is 20.8. The topological polar surface area (TPSA) is 55.0 Å². The van der Waals surface area contributed by atoms with E-state index in [4.69, 9.17) is 4.74 Å². The van der Waals surface area contributed by atoms with E-state index in [1.165, 1.54) is 12.8 Å². The van der Waals surface area contributed by atoms with Crippen LogP contribution >= 0.6 is 11.8 Å². The van der Waals surface area contributed by atoms with Crippen LogP contribution in [0.1, 0.15) is 36.0 Å². The fourth-order valence-electron chi connectivity index (χ4n) is 2.14. The summed E-state index contributed by atoms with van der Waals surface area (Å²) in [5.74, 6) is 2.91. The van der Waals surface area contributed by atoms with Crippen LogP contribution in [-0.2, 0) is 16.2 Å². The molecule has 86 valence electrons. The molecule has 1 aliphatic carbocycles. The van der Waals surface area contributed by atoms with Gasteiger partial charge in [-0.25, -0.2) is 4.98 Å². The molecule has 1 saturated carbocycles. The van der Waals surface area contributed by atoms with Gasteiger partial charge < -0.3 is 9.72 Å². The van der Waals surface area contributed by atoms with Crippen LogP contribution in [0.25, 0.3) is 0 Å². The summed E-state index contributed by atoms with van der Waals surface area (Å²) in [6, 6.07) is 0. The molecule has 4 nitrogen and oxygen atoms in total. The van der Waals surface area contributed by atoms with Crippen LogP contribution in [0.15, 0.2) is 4.79 Å². The summed E-state index contributed by atoms with van der Waals surface area (Å²) < 4.78 is 5.44. The molecule has 1 atom stereocenters. The van der Waals surface area contributed by atoms with Crippen molar-refractivity contribution in [2.75, 3.05) is 7.11 Å². The summed E-state index contributed by atoms with van der Waals surface area (Å²) in [6.07, 6.45) is 2.32. The van der Waals surface area contributed by atoms with Gasteiger partial charge in [0.2, 0.25) is 0 Å². The first-order chi connectivity index (χ1) is 7.79. The lowest BCUT2D eigenvalue weighted by Crippen LogP contribution is -2.20. The van der Waals surface area contributed by atoms with E-state index in [-0.39, 0.29) is 11.7 Å². The maximum Gasteiger partial charge on any atom is 0.255 e. The van der Waals surface area contributed by atoms with Gasteiger partial charge in [0, 0.05) is 24.2 Å². The molecule has 2 heterocycles. The zero-order chi connectivity index (χ0) is 11.1. The summed E-state index contributed by atoms with van der Waals surface area (Å²) in [5.41, 5.74) is 1.82. The molecule has 0 amide bonds. The van der Waals surface area contributed by atoms with Gasteiger partial charge in [0.15, 0.2) is 0 Å². The van der Waals surface area contributed by atoms with E-state index in [1.807, 2.05) is 0 Å². The van der Waals surface area contributed by atoms with Crippen molar-refractivity contribution in [3.8, 4) is 0 Å². The Bertz CT molecular complexity index is 468. The lowest BCUT2D eigenvalue weighted by Gasteiger charge is -2.14. The van der Waals surface area contributed by atoms with E-state index in [2.05, 4.69) is 9.97 Å². The summed E-state index contributed by atoms with van der Waals surface area (Å²) in [5, 5.41) is 0. The molecule has 2 aliphatic rings. The molecule has 1 N–H and O–H groups in total. The van der Waals surface area contributed by atoms with Gasteiger partial charge in [-0.3, -0.25) is 4.79 Å². The molecule has 1 unspecified atom stereocenters. The average Bonchev–Trinajstić information content (AvgIpc) is 2.96. The van der Waals surface area contributed by atoms with Crippen LogP contribution in [0.3, 0.4) is 0 Å². The van der Waals surface area contributed by atoms with E-state index < -0.39 is 0 Å². The first-order valence-electron chi connectivity index (χ1n) is 5.52. The molecule has 0 spiro atoms. The number of H-pyrrole nitrogens is 1. The number of thioether (sulfide) groups is 1. The standard InChI is InChI=1S/C11H14N2O2S/c1-15-9(6-2-3-6)10-12-8-5-16-4-7(8)11(14)13-10/h6,9H,2-5H2,1H3,(H,12,13,14). The van der Waals surface area contributed by atoms with Crippen molar-refractivity contribution >= 4 is 11.8 Å². The first kappa shape index (κ1) is 10.4. The van der Waals surface area contributed by atoms with Crippen molar-refractivity contribution in [1.29, 1.82) is 0 Å². The fourth-order valence-corrected chi connectivity index (χ4v) is 3.18. The number of methoxy groups -OCH3 is 1. The Morgan fingerprint density at radius 3 is 3.00 bits per heavy atom.